The Hall–Kier alpha value is -3.66. The van der Waals surface area contributed by atoms with Crippen molar-refractivity contribution in [3.63, 3.8) is 0 Å². The Morgan fingerprint density at radius 1 is 0.968 bits per heavy atom. The van der Waals surface area contributed by atoms with Gasteiger partial charge in [0.1, 0.15) is 0 Å². The van der Waals surface area contributed by atoms with E-state index in [9.17, 15) is 9.59 Å². The van der Waals surface area contributed by atoms with Gasteiger partial charge in [0, 0.05) is 12.6 Å². The largest absolute Gasteiger partial charge is 0.478 e. The average Bonchev–Trinajstić information content (AvgIpc) is 2.77. The number of rotatable bonds is 7. The van der Waals surface area contributed by atoms with Crippen LogP contribution in [0.15, 0.2) is 78.9 Å². The lowest BCUT2D eigenvalue weighted by Crippen LogP contribution is -2.09. The molecule has 0 heterocycles. The summed E-state index contributed by atoms with van der Waals surface area (Å²) in [6.45, 7) is 6.95. The maximum atomic E-state index is 10.5. The number of amides is 1. The monoisotopic (exact) mass is 415 g/mol. The first-order valence-corrected chi connectivity index (χ1v) is 10.2. The van der Waals surface area contributed by atoms with Crippen molar-refractivity contribution >= 4 is 18.5 Å². The number of aliphatic carboxylic acids is 1. The zero-order valence-corrected chi connectivity index (χ0v) is 18.2. The Bertz CT molecular complexity index is 1010. The zero-order valence-electron chi connectivity index (χ0n) is 18.2. The van der Waals surface area contributed by atoms with Crippen molar-refractivity contribution in [3.8, 4) is 11.1 Å². The zero-order chi connectivity index (χ0) is 22.6. The van der Waals surface area contributed by atoms with Crippen LogP contribution in [0.5, 0.6) is 0 Å². The normalized spacial score (nSPS) is 10.5. The molecule has 3 aromatic carbocycles. The van der Waals surface area contributed by atoms with Crippen LogP contribution in [0.2, 0.25) is 0 Å². The van der Waals surface area contributed by atoms with Crippen molar-refractivity contribution in [2.75, 3.05) is 0 Å². The molecule has 3 rings (SSSR count). The van der Waals surface area contributed by atoms with Crippen LogP contribution >= 0.6 is 0 Å². The van der Waals surface area contributed by atoms with Gasteiger partial charge >= 0.3 is 5.97 Å². The van der Waals surface area contributed by atoms with Gasteiger partial charge in [-0.3, -0.25) is 4.79 Å². The summed E-state index contributed by atoms with van der Waals surface area (Å²) in [5.41, 5.74) is 6.70. The molecule has 4 heteroatoms. The second-order valence-corrected chi connectivity index (χ2v) is 7.57. The number of hydrogen-bond donors (Lipinski definition) is 2. The van der Waals surface area contributed by atoms with Crippen molar-refractivity contribution in [2.24, 2.45) is 0 Å². The summed E-state index contributed by atoms with van der Waals surface area (Å²) < 4.78 is 0. The Morgan fingerprint density at radius 2 is 1.65 bits per heavy atom. The van der Waals surface area contributed by atoms with Gasteiger partial charge in [-0.05, 0) is 58.4 Å². The molecule has 0 atom stereocenters. The Labute approximate surface area is 184 Å². The van der Waals surface area contributed by atoms with E-state index in [0.717, 1.165) is 40.3 Å². The summed E-state index contributed by atoms with van der Waals surface area (Å²) in [5, 5.41) is 11.3. The van der Waals surface area contributed by atoms with Crippen molar-refractivity contribution in [3.05, 3.63) is 101 Å². The highest BCUT2D eigenvalue weighted by Crippen LogP contribution is 2.22. The summed E-state index contributed by atoms with van der Waals surface area (Å²) in [4.78, 5) is 20.6. The minimum absolute atomic E-state index is 0.563. The van der Waals surface area contributed by atoms with Crippen molar-refractivity contribution in [1.82, 2.24) is 5.32 Å². The molecule has 1 amide bonds. The van der Waals surface area contributed by atoms with Crippen molar-refractivity contribution in [2.45, 2.75) is 33.2 Å². The molecule has 0 spiro atoms. The van der Waals surface area contributed by atoms with Gasteiger partial charge in [0.05, 0.1) is 0 Å². The van der Waals surface area contributed by atoms with Crippen LogP contribution in [0.3, 0.4) is 0 Å². The van der Waals surface area contributed by atoms with E-state index in [2.05, 4.69) is 37.4 Å². The third-order valence-electron chi connectivity index (χ3n) is 4.66. The quantitative estimate of drug-likeness (QED) is 0.378. The predicted octanol–water partition coefficient (Wildman–Crippen LogP) is 5.82. The van der Waals surface area contributed by atoms with Crippen LogP contribution in [0.4, 0.5) is 0 Å². The molecule has 4 nitrogen and oxygen atoms in total. The van der Waals surface area contributed by atoms with Gasteiger partial charge in [-0.25, -0.2) is 4.79 Å². The lowest BCUT2D eigenvalue weighted by Gasteiger charge is -2.06. The van der Waals surface area contributed by atoms with Gasteiger partial charge in [0.2, 0.25) is 6.41 Å². The Morgan fingerprint density at radius 3 is 2.23 bits per heavy atom. The maximum absolute atomic E-state index is 10.5. The third-order valence-corrected chi connectivity index (χ3v) is 4.66. The molecule has 0 unspecified atom stereocenters. The molecule has 3 aromatic rings. The second-order valence-electron chi connectivity index (χ2n) is 7.57. The summed E-state index contributed by atoms with van der Waals surface area (Å²) in [5.74, 6) is -0.370. The first kappa shape index (κ1) is 23.6. The van der Waals surface area contributed by atoms with Crippen LogP contribution in [-0.2, 0) is 16.1 Å². The molecule has 0 aliphatic heterocycles. The molecule has 0 bridgehead atoms. The van der Waals surface area contributed by atoms with Gasteiger partial charge in [0.15, 0.2) is 0 Å². The van der Waals surface area contributed by atoms with E-state index >= 15 is 0 Å². The first-order valence-electron chi connectivity index (χ1n) is 10.2. The number of carbonyl (C=O) groups is 2. The summed E-state index contributed by atoms with van der Waals surface area (Å²) >= 11 is 0. The highest BCUT2D eigenvalue weighted by Gasteiger charge is 2.00. The highest BCUT2D eigenvalue weighted by molar-refractivity contribution is 5.85. The van der Waals surface area contributed by atoms with Crippen LogP contribution < -0.4 is 5.32 Å². The fourth-order valence-corrected chi connectivity index (χ4v) is 3.05. The molecule has 31 heavy (non-hydrogen) atoms. The first-order chi connectivity index (χ1) is 14.9. The molecule has 0 aliphatic carbocycles. The fourth-order valence-electron chi connectivity index (χ4n) is 3.05. The maximum Gasteiger partial charge on any atom is 0.328 e. The molecule has 0 saturated carbocycles. The average molecular weight is 416 g/mol. The van der Waals surface area contributed by atoms with E-state index < -0.39 is 5.97 Å². The van der Waals surface area contributed by atoms with E-state index in [0.29, 0.717) is 12.5 Å². The summed E-state index contributed by atoms with van der Waals surface area (Å²) in [7, 11) is 0. The summed E-state index contributed by atoms with van der Waals surface area (Å²) in [6, 6.07) is 24.4. The SMILES string of the molecule is CC(C)c1ccc(CNC=O)cc1.Cc1cc(/C=C/C(=O)O)cc(-c2ccccc2)c1. The minimum Gasteiger partial charge on any atom is -0.478 e. The standard InChI is InChI=1S/C16H14O2.C11H15NO/c1-12-9-13(7-8-16(17)18)11-15(10-12)14-5-3-2-4-6-14;1-9(2)11-5-3-10(4-6-11)7-12-8-13/h2-11H,1H3,(H,17,18);3-6,8-9H,7H2,1-2H3,(H,12,13)/b8-7+;. The van der Waals surface area contributed by atoms with Crippen LogP contribution in [0, 0.1) is 6.92 Å². The number of carboxylic acids is 1. The van der Waals surface area contributed by atoms with Gasteiger partial charge in [0.25, 0.3) is 0 Å². The van der Waals surface area contributed by atoms with E-state index in [-0.39, 0.29) is 0 Å². The third kappa shape index (κ3) is 8.31. The lowest BCUT2D eigenvalue weighted by atomic mass is 10.00. The number of nitrogens with one attached hydrogen (secondary N) is 1. The van der Waals surface area contributed by atoms with E-state index in [1.807, 2.05) is 61.5 Å². The smallest absolute Gasteiger partial charge is 0.328 e. The van der Waals surface area contributed by atoms with Crippen LogP contribution in [0.25, 0.3) is 17.2 Å². The number of hydrogen-bond acceptors (Lipinski definition) is 2. The second kappa shape index (κ2) is 12.1. The molecule has 0 aromatic heterocycles. The van der Waals surface area contributed by atoms with E-state index in [4.69, 9.17) is 5.11 Å². The van der Waals surface area contributed by atoms with Crippen molar-refractivity contribution < 1.29 is 14.7 Å². The topological polar surface area (TPSA) is 66.4 Å². The molecule has 0 fully saturated rings. The van der Waals surface area contributed by atoms with Crippen molar-refractivity contribution in [1.29, 1.82) is 0 Å². The molecule has 160 valence electrons. The number of aryl methyl sites for hydroxylation is 1. The molecular formula is C27H29NO3. The van der Waals surface area contributed by atoms with E-state index in [1.165, 1.54) is 5.56 Å². The predicted molar refractivity (Wildman–Crippen MR) is 127 cm³/mol. The van der Waals surface area contributed by atoms with Crippen LogP contribution in [-0.4, -0.2) is 17.5 Å². The number of carbonyl (C=O) groups excluding carboxylic acids is 1. The molecular weight excluding hydrogens is 386 g/mol. The van der Waals surface area contributed by atoms with Gasteiger partial charge in [-0.15, -0.1) is 0 Å². The fraction of sp³-hybridized carbons (Fsp3) is 0.185. The number of benzene rings is 3. The molecule has 0 saturated heterocycles. The van der Waals surface area contributed by atoms with Gasteiger partial charge in [-0.1, -0.05) is 80.6 Å². The number of carboxylic acid groups (broad SMARTS) is 1. The Kier molecular flexibility index (Phi) is 9.24. The summed E-state index contributed by atoms with van der Waals surface area (Å²) in [6.07, 6.45) is 3.49. The molecule has 0 radical (unpaired) electrons. The van der Waals surface area contributed by atoms with E-state index in [1.54, 1.807) is 6.08 Å². The van der Waals surface area contributed by atoms with Gasteiger partial charge in [-0.2, -0.15) is 0 Å². The lowest BCUT2D eigenvalue weighted by molar-refractivity contribution is -0.131. The minimum atomic E-state index is -0.933. The van der Waals surface area contributed by atoms with Crippen LogP contribution in [0.1, 0.15) is 42.0 Å². The highest BCUT2D eigenvalue weighted by atomic mass is 16.4. The van der Waals surface area contributed by atoms with Gasteiger partial charge < -0.3 is 10.4 Å². The Balaban J connectivity index is 0.000000233. The molecule has 0 aliphatic rings. The molecule has 2 N–H and O–H groups in total.